The molecule has 2 heterocycles. The van der Waals surface area contributed by atoms with Crippen LogP contribution in [0, 0.1) is 6.92 Å². The van der Waals surface area contributed by atoms with Crippen molar-refractivity contribution >= 4 is 16.6 Å². The molecule has 0 aliphatic rings. The molecule has 27 heavy (non-hydrogen) atoms. The number of nitrogens with zero attached hydrogens (tertiary/aromatic N) is 2. The van der Waals surface area contributed by atoms with Crippen LogP contribution in [0.25, 0.3) is 21.9 Å². The largest absolute Gasteiger partial charge is 0.364 e. The summed E-state index contributed by atoms with van der Waals surface area (Å²) in [6.07, 6.45) is 1.75. The summed E-state index contributed by atoms with van der Waals surface area (Å²) in [6.45, 7) is 2.57. The molecular weight excluding hydrogens is 334 g/mol. The second kappa shape index (κ2) is 7.08. The molecule has 4 nitrogen and oxygen atoms in total. The molecule has 0 aliphatic heterocycles. The first-order chi connectivity index (χ1) is 13.2. The van der Waals surface area contributed by atoms with Gasteiger partial charge in [-0.15, -0.1) is 0 Å². The van der Waals surface area contributed by atoms with Crippen molar-refractivity contribution in [3.63, 3.8) is 0 Å². The highest BCUT2D eigenvalue weighted by molar-refractivity contribution is 5.99. The van der Waals surface area contributed by atoms with E-state index >= 15 is 0 Å². The molecule has 0 fully saturated rings. The monoisotopic (exact) mass is 355 g/mol. The van der Waals surface area contributed by atoms with Crippen molar-refractivity contribution in [2.75, 3.05) is 5.32 Å². The first-order valence-corrected chi connectivity index (χ1v) is 8.98. The predicted molar refractivity (Wildman–Crippen MR) is 111 cm³/mol. The van der Waals surface area contributed by atoms with Crippen LogP contribution in [0.15, 0.2) is 77.7 Å². The number of nitrogens with one attached hydrogen (secondary N) is 1. The average Bonchev–Trinajstić information content (AvgIpc) is 2.71. The zero-order valence-electron chi connectivity index (χ0n) is 15.4. The zero-order chi connectivity index (χ0) is 18.8. The Morgan fingerprint density at radius 2 is 1.74 bits per heavy atom. The van der Waals surface area contributed by atoms with E-state index in [2.05, 4.69) is 35.4 Å². The molecule has 0 amide bonds. The van der Waals surface area contributed by atoms with Crippen molar-refractivity contribution in [2.24, 2.45) is 7.05 Å². The topological polar surface area (TPSA) is 46.9 Å². The summed E-state index contributed by atoms with van der Waals surface area (Å²) in [4.78, 5) is 17.3. The Morgan fingerprint density at radius 3 is 2.48 bits per heavy atom. The van der Waals surface area contributed by atoms with Crippen LogP contribution in [-0.2, 0) is 13.6 Å². The van der Waals surface area contributed by atoms with Gasteiger partial charge in [0.1, 0.15) is 5.82 Å². The molecule has 134 valence electrons. The molecule has 0 bridgehead atoms. The van der Waals surface area contributed by atoms with Crippen LogP contribution in [0.3, 0.4) is 0 Å². The minimum atomic E-state index is 0.0196. The van der Waals surface area contributed by atoms with Gasteiger partial charge < -0.3 is 9.88 Å². The van der Waals surface area contributed by atoms with Crippen LogP contribution in [-0.4, -0.2) is 9.55 Å². The van der Waals surface area contributed by atoms with Crippen LogP contribution in [0.5, 0.6) is 0 Å². The maximum absolute atomic E-state index is 13.0. The maximum Gasteiger partial charge on any atom is 0.258 e. The third-order valence-corrected chi connectivity index (χ3v) is 4.92. The number of rotatable bonds is 4. The number of aromatic nitrogens is 2. The second-order valence-corrected chi connectivity index (χ2v) is 6.62. The van der Waals surface area contributed by atoms with Crippen molar-refractivity contribution in [3.05, 3.63) is 94.5 Å². The summed E-state index contributed by atoms with van der Waals surface area (Å²) >= 11 is 0. The van der Waals surface area contributed by atoms with Crippen LogP contribution >= 0.6 is 0 Å². The normalized spacial score (nSPS) is 10.9. The van der Waals surface area contributed by atoms with Crippen LogP contribution < -0.4 is 10.9 Å². The minimum absolute atomic E-state index is 0.0196. The Balaban J connectivity index is 1.98. The van der Waals surface area contributed by atoms with Gasteiger partial charge in [-0.2, -0.15) is 0 Å². The summed E-state index contributed by atoms with van der Waals surface area (Å²) < 4.78 is 1.75. The van der Waals surface area contributed by atoms with E-state index in [1.807, 2.05) is 55.6 Å². The number of aryl methyl sites for hydroxylation is 1. The number of benzene rings is 2. The number of pyridine rings is 2. The van der Waals surface area contributed by atoms with Gasteiger partial charge in [0.2, 0.25) is 0 Å². The predicted octanol–water partition coefficient (Wildman–Crippen LogP) is 4.52. The Hall–Kier alpha value is -3.40. The van der Waals surface area contributed by atoms with Crippen molar-refractivity contribution in [3.8, 4) is 11.1 Å². The van der Waals surface area contributed by atoms with Gasteiger partial charge in [0.05, 0.1) is 6.54 Å². The molecule has 2 aromatic carbocycles. The molecule has 0 radical (unpaired) electrons. The van der Waals surface area contributed by atoms with Gasteiger partial charge in [0.25, 0.3) is 5.56 Å². The first kappa shape index (κ1) is 17.0. The highest BCUT2D eigenvalue weighted by Crippen LogP contribution is 2.32. The van der Waals surface area contributed by atoms with Crippen LogP contribution in [0.1, 0.15) is 11.3 Å². The van der Waals surface area contributed by atoms with Crippen molar-refractivity contribution in [1.82, 2.24) is 9.55 Å². The van der Waals surface area contributed by atoms with Gasteiger partial charge in [0.15, 0.2) is 0 Å². The van der Waals surface area contributed by atoms with Gasteiger partial charge in [-0.05, 0) is 41.6 Å². The highest BCUT2D eigenvalue weighted by atomic mass is 16.1. The van der Waals surface area contributed by atoms with Gasteiger partial charge in [0, 0.05) is 29.9 Å². The van der Waals surface area contributed by atoms with E-state index in [4.69, 9.17) is 0 Å². The molecule has 4 aromatic rings. The number of hydrogen-bond acceptors (Lipinski definition) is 3. The summed E-state index contributed by atoms with van der Waals surface area (Å²) in [6, 6.07) is 21.9. The lowest BCUT2D eigenvalue weighted by molar-refractivity contribution is 0.798. The quantitative estimate of drug-likeness (QED) is 0.585. The van der Waals surface area contributed by atoms with E-state index in [9.17, 15) is 4.79 Å². The fraction of sp³-hybridized carbons (Fsp3) is 0.130. The van der Waals surface area contributed by atoms with Gasteiger partial charge in [-0.3, -0.25) is 4.79 Å². The first-order valence-electron chi connectivity index (χ1n) is 8.98. The summed E-state index contributed by atoms with van der Waals surface area (Å²) in [5.41, 5.74) is 4.26. The molecule has 2 aromatic heterocycles. The summed E-state index contributed by atoms with van der Waals surface area (Å²) in [5.74, 6) is 0.786. The Kier molecular flexibility index (Phi) is 4.47. The van der Waals surface area contributed by atoms with E-state index in [1.54, 1.807) is 10.8 Å². The molecule has 4 heteroatoms. The Bertz CT molecular complexity index is 1150. The zero-order valence-corrected chi connectivity index (χ0v) is 15.4. The van der Waals surface area contributed by atoms with Gasteiger partial charge >= 0.3 is 0 Å². The molecule has 1 N–H and O–H groups in total. The van der Waals surface area contributed by atoms with E-state index in [1.165, 1.54) is 0 Å². The number of hydrogen-bond donors (Lipinski definition) is 1. The Labute approximate surface area is 158 Å². The van der Waals surface area contributed by atoms with E-state index in [0.717, 1.165) is 39.0 Å². The molecular formula is C23H21N3O. The van der Waals surface area contributed by atoms with E-state index < -0.39 is 0 Å². The van der Waals surface area contributed by atoms with E-state index in [0.29, 0.717) is 6.54 Å². The third kappa shape index (κ3) is 3.10. The molecule has 0 saturated heterocycles. The smallest absolute Gasteiger partial charge is 0.258 e. The number of anilines is 1. The van der Waals surface area contributed by atoms with Crippen molar-refractivity contribution in [2.45, 2.75) is 13.5 Å². The van der Waals surface area contributed by atoms with Crippen molar-refractivity contribution < 1.29 is 0 Å². The number of fused-ring (bicyclic) bond motifs is 1. The van der Waals surface area contributed by atoms with Gasteiger partial charge in [-0.1, -0.05) is 48.5 Å². The van der Waals surface area contributed by atoms with Gasteiger partial charge in [-0.25, -0.2) is 4.98 Å². The molecule has 0 spiro atoms. The van der Waals surface area contributed by atoms with Crippen LogP contribution in [0.4, 0.5) is 5.82 Å². The van der Waals surface area contributed by atoms with Crippen LogP contribution in [0.2, 0.25) is 0 Å². The summed E-state index contributed by atoms with van der Waals surface area (Å²) in [7, 11) is 1.84. The molecule has 0 unspecified atom stereocenters. The lowest BCUT2D eigenvalue weighted by Gasteiger charge is -2.19. The molecule has 0 atom stereocenters. The lowest BCUT2D eigenvalue weighted by atomic mass is 9.94. The maximum atomic E-state index is 13.0. The molecule has 0 aliphatic carbocycles. The fourth-order valence-electron chi connectivity index (χ4n) is 3.56. The SMILES string of the molecule is Cc1cccc2c(=O)n(C)c(CNc3ccccn3)c(-c3ccccc3)c12. The second-order valence-electron chi connectivity index (χ2n) is 6.62. The highest BCUT2D eigenvalue weighted by Gasteiger charge is 2.17. The standard InChI is InChI=1S/C23H21N3O/c1-16-9-8-12-18-21(16)22(17-10-4-3-5-11-17)19(26(2)23(18)27)15-25-20-13-6-7-14-24-20/h3-14H,15H2,1-2H3,(H,24,25). The minimum Gasteiger partial charge on any atom is -0.364 e. The van der Waals surface area contributed by atoms with Crippen molar-refractivity contribution in [1.29, 1.82) is 0 Å². The molecule has 0 saturated carbocycles. The van der Waals surface area contributed by atoms with E-state index in [-0.39, 0.29) is 5.56 Å². The third-order valence-electron chi connectivity index (χ3n) is 4.92. The lowest BCUT2D eigenvalue weighted by Crippen LogP contribution is -2.24. The average molecular weight is 355 g/mol. The summed E-state index contributed by atoms with van der Waals surface area (Å²) in [5, 5.41) is 5.12. The Morgan fingerprint density at radius 1 is 0.963 bits per heavy atom. The fourth-order valence-corrected chi connectivity index (χ4v) is 3.56. The molecule has 4 rings (SSSR count).